The average molecular weight is 286 g/mol. The Balaban J connectivity index is 1.75. The fourth-order valence-electron chi connectivity index (χ4n) is 3.13. The van der Waals surface area contributed by atoms with E-state index in [0.29, 0.717) is 17.2 Å². The lowest BCUT2D eigenvalue weighted by Gasteiger charge is -2.31. The zero-order valence-electron chi connectivity index (χ0n) is 12.6. The summed E-state index contributed by atoms with van der Waals surface area (Å²) in [7, 11) is 0. The van der Waals surface area contributed by atoms with Crippen LogP contribution in [-0.2, 0) is 4.74 Å². The summed E-state index contributed by atoms with van der Waals surface area (Å²) >= 11 is 0. The van der Waals surface area contributed by atoms with Crippen molar-refractivity contribution in [2.45, 2.75) is 39.2 Å². The minimum atomic E-state index is -0.238. The summed E-state index contributed by atoms with van der Waals surface area (Å²) in [4.78, 5) is 15.5. The Hall–Kier alpha value is -1.97. The highest BCUT2D eigenvalue weighted by atomic mass is 16.5. The van der Waals surface area contributed by atoms with Crippen molar-refractivity contribution in [3.63, 3.8) is 0 Å². The van der Waals surface area contributed by atoms with E-state index in [1.165, 1.54) is 0 Å². The van der Waals surface area contributed by atoms with E-state index in [1.54, 1.807) is 12.3 Å². The van der Waals surface area contributed by atoms with Gasteiger partial charge in [0, 0.05) is 22.8 Å². The van der Waals surface area contributed by atoms with Crippen LogP contribution in [0, 0.1) is 11.8 Å². The number of nitrogens with one attached hydrogen (secondary N) is 1. The summed E-state index contributed by atoms with van der Waals surface area (Å²) in [5, 5.41) is 0.867. The van der Waals surface area contributed by atoms with Crippen molar-refractivity contribution in [1.29, 1.82) is 0 Å². The molecule has 1 saturated carbocycles. The molecule has 1 aromatic carbocycles. The minimum absolute atomic E-state index is 0.0439. The van der Waals surface area contributed by atoms with E-state index in [2.05, 4.69) is 18.8 Å². The average Bonchev–Trinajstić information content (AvgIpc) is 2.85. The van der Waals surface area contributed by atoms with Crippen LogP contribution in [0.4, 0.5) is 5.69 Å². The van der Waals surface area contributed by atoms with Gasteiger partial charge in [-0.05, 0) is 49.3 Å². The fourth-order valence-corrected chi connectivity index (χ4v) is 3.13. The monoisotopic (exact) mass is 286 g/mol. The molecule has 3 atom stereocenters. The van der Waals surface area contributed by atoms with Crippen molar-refractivity contribution in [3.8, 4) is 0 Å². The number of hydrogen-bond donors (Lipinski definition) is 2. The lowest BCUT2D eigenvalue weighted by molar-refractivity contribution is 0.00900. The molecule has 4 heteroatoms. The maximum Gasteiger partial charge on any atom is 0.340 e. The number of benzene rings is 1. The fraction of sp³-hybridized carbons (Fsp3) is 0.471. The lowest BCUT2D eigenvalue weighted by atomic mass is 9.80. The van der Waals surface area contributed by atoms with Crippen LogP contribution in [0.15, 0.2) is 24.4 Å². The molecule has 2 aromatic rings. The van der Waals surface area contributed by atoms with E-state index in [1.807, 2.05) is 12.1 Å². The SMILES string of the molecule is CC1CCC(OC(=O)c2c[nH]c3cc(N)ccc23)CC1C. The number of aromatic nitrogens is 1. The third-order valence-corrected chi connectivity index (χ3v) is 4.75. The van der Waals surface area contributed by atoms with Crippen LogP contribution < -0.4 is 5.73 Å². The van der Waals surface area contributed by atoms with Crippen molar-refractivity contribution in [3.05, 3.63) is 30.0 Å². The summed E-state index contributed by atoms with van der Waals surface area (Å²) in [5.41, 5.74) is 7.89. The number of nitrogens with two attached hydrogens (primary N) is 1. The molecule has 0 saturated heterocycles. The summed E-state index contributed by atoms with van der Waals surface area (Å²) in [6.45, 7) is 4.51. The molecule has 1 aliphatic rings. The van der Waals surface area contributed by atoms with Crippen LogP contribution in [0.1, 0.15) is 43.5 Å². The van der Waals surface area contributed by atoms with Gasteiger partial charge in [0.05, 0.1) is 5.56 Å². The highest BCUT2D eigenvalue weighted by Gasteiger charge is 2.27. The number of esters is 1. The van der Waals surface area contributed by atoms with Gasteiger partial charge in [0.25, 0.3) is 0 Å². The van der Waals surface area contributed by atoms with Gasteiger partial charge in [0.15, 0.2) is 0 Å². The van der Waals surface area contributed by atoms with Crippen LogP contribution in [0.25, 0.3) is 10.9 Å². The molecule has 1 fully saturated rings. The first-order valence-electron chi connectivity index (χ1n) is 7.62. The quantitative estimate of drug-likeness (QED) is 0.653. The molecule has 0 spiro atoms. The molecule has 3 N–H and O–H groups in total. The van der Waals surface area contributed by atoms with Gasteiger partial charge in [-0.2, -0.15) is 0 Å². The second-order valence-electron chi connectivity index (χ2n) is 6.30. The topological polar surface area (TPSA) is 68.1 Å². The van der Waals surface area contributed by atoms with Gasteiger partial charge >= 0.3 is 5.97 Å². The van der Waals surface area contributed by atoms with Crippen LogP contribution in [-0.4, -0.2) is 17.1 Å². The zero-order valence-corrected chi connectivity index (χ0v) is 12.6. The number of aromatic amines is 1. The first kappa shape index (κ1) is 14.0. The third-order valence-electron chi connectivity index (χ3n) is 4.75. The Morgan fingerprint density at radius 3 is 2.86 bits per heavy atom. The Kier molecular flexibility index (Phi) is 3.62. The molecule has 0 radical (unpaired) electrons. The molecule has 21 heavy (non-hydrogen) atoms. The molecule has 0 aliphatic heterocycles. The van der Waals surface area contributed by atoms with Crippen LogP contribution in [0.5, 0.6) is 0 Å². The van der Waals surface area contributed by atoms with Gasteiger partial charge in [-0.25, -0.2) is 4.79 Å². The number of carbonyl (C=O) groups is 1. The third kappa shape index (κ3) is 2.75. The van der Waals surface area contributed by atoms with Gasteiger partial charge in [0.1, 0.15) is 6.10 Å². The van der Waals surface area contributed by atoms with E-state index in [9.17, 15) is 4.79 Å². The normalized spacial score (nSPS) is 25.9. The first-order chi connectivity index (χ1) is 10.0. The highest BCUT2D eigenvalue weighted by molar-refractivity contribution is 6.04. The molecule has 0 amide bonds. The van der Waals surface area contributed by atoms with Gasteiger partial charge in [0.2, 0.25) is 0 Å². The number of H-pyrrole nitrogens is 1. The summed E-state index contributed by atoms with van der Waals surface area (Å²) < 4.78 is 5.70. The molecule has 1 aromatic heterocycles. The Morgan fingerprint density at radius 1 is 1.29 bits per heavy atom. The van der Waals surface area contributed by atoms with E-state index >= 15 is 0 Å². The standard InChI is InChI=1S/C17H22N2O2/c1-10-3-5-13(7-11(10)2)21-17(20)15-9-19-16-8-12(18)4-6-14(15)16/h4,6,8-11,13,19H,3,5,7,18H2,1-2H3. The van der Waals surface area contributed by atoms with Crippen molar-refractivity contribution in [1.82, 2.24) is 4.98 Å². The number of fused-ring (bicyclic) bond motifs is 1. The van der Waals surface area contributed by atoms with Gasteiger partial charge in [-0.3, -0.25) is 0 Å². The predicted molar refractivity (Wildman–Crippen MR) is 84.1 cm³/mol. The molecule has 1 aliphatic carbocycles. The van der Waals surface area contributed by atoms with E-state index in [-0.39, 0.29) is 12.1 Å². The second kappa shape index (κ2) is 5.43. The smallest absolute Gasteiger partial charge is 0.340 e. The molecular weight excluding hydrogens is 264 g/mol. The number of nitrogen functional groups attached to an aromatic ring is 1. The molecule has 4 nitrogen and oxygen atoms in total. The maximum absolute atomic E-state index is 12.4. The van der Waals surface area contributed by atoms with E-state index < -0.39 is 0 Å². The van der Waals surface area contributed by atoms with Crippen LogP contribution in [0.2, 0.25) is 0 Å². The van der Waals surface area contributed by atoms with Crippen molar-refractivity contribution in [2.24, 2.45) is 11.8 Å². The maximum atomic E-state index is 12.4. The molecule has 3 rings (SSSR count). The Morgan fingerprint density at radius 2 is 2.10 bits per heavy atom. The highest BCUT2D eigenvalue weighted by Crippen LogP contribution is 2.32. The molecular formula is C17H22N2O2. The molecule has 112 valence electrons. The van der Waals surface area contributed by atoms with Crippen molar-refractivity contribution >= 4 is 22.6 Å². The predicted octanol–water partition coefficient (Wildman–Crippen LogP) is 3.73. The summed E-state index contributed by atoms with van der Waals surface area (Å²) in [5.74, 6) is 1.09. The van der Waals surface area contributed by atoms with Gasteiger partial charge in [-0.15, -0.1) is 0 Å². The van der Waals surface area contributed by atoms with E-state index in [4.69, 9.17) is 10.5 Å². The minimum Gasteiger partial charge on any atom is -0.459 e. The zero-order chi connectivity index (χ0) is 15.0. The number of anilines is 1. The number of carbonyl (C=O) groups excluding carboxylic acids is 1. The molecule has 3 unspecified atom stereocenters. The van der Waals surface area contributed by atoms with Gasteiger partial charge in [-0.1, -0.05) is 13.8 Å². The molecule has 0 bridgehead atoms. The van der Waals surface area contributed by atoms with Crippen LogP contribution in [0.3, 0.4) is 0 Å². The Bertz CT molecular complexity index is 662. The van der Waals surface area contributed by atoms with E-state index in [0.717, 1.165) is 36.1 Å². The second-order valence-corrected chi connectivity index (χ2v) is 6.30. The van der Waals surface area contributed by atoms with Gasteiger partial charge < -0.3 is 15.5 Å². The van der Waals surface area contributed by atoms with Crippen molar-refractivity contribution < 1.29 is 9.53 Å². The largest absolute Gasteiger partial charge is 0.459 e. The first-order valence-corrected chi connectivity index (χ1v) is 7.62. The summed E-state index contributed by atoms with van der Waals surface area (Å²) in [6, 6.07) is 5.50. The van der Waals surface area contributed by atoms with Crippen LogP contribution >= 0.6 is 0 Å². The number of ether oxygens (including phenoxy) is 1. The van der Waals surface area contributed by atoms with Crippen molar-refractivity contribution in [2.75, 3.05) is 5.73 Å². The number of rotatable bonds is 2. The number of hydrogen-bond acceptors (Lipinski definition) is 3. The molecule has 1 heterocycles. The lowest BCUT2D eigenvalue weighted by Crippen LogP contribution is -2.28. The Labute approximate surface area is 124 Å². The summed E-state index contributed by atoms with van der Waals surface area (Å²) in [6.07, 6.45) is 4.81.